The van der Waals surface area contributed by atoms with Crippen molar-refractivity contribution in [2.24, 2.45) is 5.41 Å². The third kappa shape index (κ3) is 4.00. The Morgan fingerprint density at radius 3 is 2.46 bits per heavy atom. The number of nitrogens with zero attached hydrogens (tertiary/aromatic N) is 4. The zero-order chi connectivity index (χ0) is 18.1. The van der Waals surface area contributed by atoms with Gasteiger partial charge in [-0.25, -0.2) is 9.78 Å². The van der Waals surface area contributed by atoms with E-state index in [-0.39, 0.29) is 5.41 Å². The number of halogens is 3. The predicted molar refractivity (Wildman–Crippen MR) is 79.5 cm³/mol. The first-order valence-corrected chi connectivity index (χ1v) is 6.95. The van der Waals surface area contributed by atoms with Gasteiger partial charge >= 0.3 is 12.1 Å². The maximum Gasteiger partial charge on any atom is 0.490 e. The number of aromatic amines is 1. The Balaban J connectivity index is 0.000000256. The summed E-state index contributed by atoms with van der Waals surface area (Å²) in [7, 11) is 0. The van der Waals surface area contributed by atoms with Crippen molar-refractivity contribution >= 4 is 22.8 Å². The summed E-state index contributed by atoms with van der Waals surface area (Å²) in [5.41, 5.74) is 2.89. The molecular formula is C14H16F3N5O2. The molecular weight excluding hydrogens is 327 g/mol. The van der Waals surface area contributed by atoms with E-state index in [1.165, 1.54) is 0 Å². The lowest BCUT2D eigenvalue weighted by Crippen LogP contribution is -2.21. The first-order valence-electron chi connectivity index (χ1n) is 6.95. The summed E-state index contributed by atoms with van der Waals surface area (Å²) in [6.45, 7) is 6.59. The smallest absolute Gasteiger partial charge is 0.475 e. The number of carboxylic acid groups (broad SMARTS) is 1. The second-order valence-electron chi connectivity index (χ2n) is 6.32. The summed E-state index contributed by atoms with van der Waals surface area (Å²) in [5, 5.41) is 15.6. The quantitative estimate of drug-likeness (QED) is 0.708. The van der Waals surface area contributed by atoms with E-state index < -0.39 is 12.1 Å². The molecule has 0 radical (unpaired) electrons. The highest BCUT2D eigenvalue weighted by Gasteiger charge is 2.38. The van der Waals surface area contributed by atoms with Gasteiger partial charge in [-0.15, -0.1) is 10.2 Å². The third-order valence-electron chi connectivity index (χ3n) is 2.94. The van der Waals surface area contributed by atoms with Gasteiger partial charge in [0.25, 0.3) is 0 Å². The van der Waals surface area contributed by atoms with Crippen LogP contribution in [0.5, 0.6) is 0 Å². The monoisotopic (exact) mass is 343 g/mol. The molecule has 3 aromatic rings. The van der Waals surface area contributed by atoms with Crippen LogP contribution in [0.15, 0.2) is 18.5 Å². The molecule has 3 heterocycles. The molecule has 0 spiro atoms. The molecule has 2 N–H and O–H groups in total. The van der Waals surface area contributed by atoms with Crippen LogP contribution in [0.4, 0.5) is 13.2 Å². The average Bonchev–Trinajstić information content (AvgIpc) is 3.02. The molecule has 7 nitrogen and oxygen atoms in total. The first kappa shape index (κ1) is 17.7. The molecule has 0 aromatic carbocycles. The summed E-state index contributed by atoms with van der Waals surface area (Å²) >= 11 is 0. The minimum absolute atomic E-state index is 0.189. The lowest BCUT2D eigenvalue weighted by Gasteiger charge is -2.16. The van der Waals surface area contributed by atoms with Crippen molar-refractivity contribution < 1.29 is 23.1 Å². The molecule has 10 heteroatoms. The Hall–Kier alpha value is -2.65. The van der Waals surface area contributed by atoms with Crippen molar-refractivity contribution in [1.82, 2.24) is 24.6 Å². The molecule has 3 rings (SSSR count). The van der Waals surface area contributed by atoms with Crippen molar-refractivity contribution in [1.29, 1.82) is 0 Å². The van der Waals surface area contributed by atoms with E-state index in [9.17, 15) is 13.2 Å². The number of hydrogen-bond donors (Lipinski definition) is 2. The summed E-state index contributed by atoms with van der Waals surface area (Å²) in [5.74, 6) is -1.77. The number of carboxylic acids is 1. The molecule has 3 aromatic heterocycles. The lowest BCUT2D eigenvalue weighted by atomic mass is 9.92. The Morgan fingerprint density at radius 2 is 1.92 bits per heavy atom. The Morgan fingerprint density at radius 1 is 1.29 bits per heavy atom. The Labute approximate surface area is 134 Å². The van der Waals surface area contributed by atoms with Crippen LogP contribution in [0, 0.1) is 5.41 Å². The highest BCUT2D eigenvalue weighted by molar-refractivity contribution is 5.74. The second kappa shape index (κ2) is 6.10. The molecule has 0 amide bonds. The molecule has 0 fully saturated rings. The molecule has 130 valence electrons. The van der Waals surface area contributed by atoms with Gasteiger partial charge in [-0.05, 0) is 11.5 Å². The van der Waals surface area contributed by atoms with Gasteiger partial charge in [0.2, 0.25) is 0 Å². The van der Waals surface area contributed by atoms with Crippen LogP contribution in [0.1, 0.15) is 26.6 Å². The van der Waals surface area contributed by atoms with Gasteiger partial charge in [0, 0.05) is 12.6 Å². The number of carbonyl (C=O) groups is 1. The van der Waals surface area contributed by atoms with E-state index in [0.29, 0.717) is 0 Å². The van der Waals surface area contributed by atoms with Crippen molar-refractivity contribution in [2.75, 3.05) is 0 Å². The van der Waals surface area contributed by atoms with E-state index in [1.54, 1.807) is 6.20 Å². The molecule has 24 heavy (non-hydrogen) atoms. The van der Waals surface area contributed by atoms with Crippen LogP contribution in [0.3, 0.4) is 0 Å². The number of H-pyrrole nitrogens is 1. The first-order chi connectivity index (χ1) is 11.0. The molecule has 0 bridgehead atoms. The van der Waals surface area contributed by atoms with Gasteiger partial charge < -0.3 is 10.1 Å². The van der Waals surface area contributed by atoms with E-state index in [0.717, 1.165) is 29.1 Å². The number of rotatable bonds is 1. The predicted octanol–water partition coefficient (Wildman–Crippen LogP) is 2.83. The van der Waals surface area contributed by atoms with Crippen molar-refractivity contribution in [3.05, 3.63) is 24.3 Å². The normalized spacial score (nSPS) is 12.2. The number of aromatic nitrogens is 5. The second-order valence-corrected chi connectivity index (χ2v) is 6.32. The Kier molecular flexibility index (Phi) is 4.50. The number of nitrogens with one attached hydrogen (secondary N) is 1. The zero-order valence-electron chi connectivity index (χ0n) is 13.2. The van der Waals surface area contributed by atoms with Crippen molar-refractivity contribution in [3.63, 3.8) is 0 Å². The van der Waals surface area contributed by atoms with Gasteiger partial charge in [-0.3, -0.25) is 4.40 Å². The highest BCUT2D eigenvalue weighted by atomic mass is 19.4. The topological polar surface area (TPSA) is 96.2 Å². The number of aliphatic carboxylic acids is 1. The van der Waals surface area contributed by atoms with Crippen LogP contribution in [-0.2, 0) is 11.2 Å². The summed E-state index contributed by atoms with van der Waals surface area (Å²) in [6.07, 6.45) is -0.561. The van der Waals surface area contributed by atoms with E-state index >= 15 is 0 Å². The van der Waals surface area contributed by atoms with E-state index in [2.05, 4.69) is 45.3 Å². The van der Waals surface area contributed by atoms with Gasteiger partial charge in [-0.1, -0.05) is 20.8 Å². The van der Waals surface area contributed by atoms with Crippen molar-refractivity contribution in [3.8, 4) is 0 Å². The molecule has 0 aliphatic rings. The van der Waals surface area contributed by atoms with E-state index in [1.807, 2.05) is 12.3 Å². The molecule has 0 aliphatic heterocycles. The average molecular weight is 343 g/mol. The number of fused-ring (bicyclic) bond motifs is 3. The van der Waals surface area contributed by atoms with Crippen LogP contribution in [-0.4, -0.2) is 41.8 Å². The number of hydrogen-bond acceptors (Lipinski definition) is 4. The van der Waals surface area contributed by atoms with Gasteiger partial charge in [0.15, 0.2) is 11.3 Å². The summed E-state index contributed by atoms with van der Waals surface area (Å²) < 4.78 is 33.8. The minimum atomic E-state index is -5.08. The Bertz CT molecular complexity index is 861. The molecule has 0 unspecified atom stereocenters. The van der Waals surface area contributed by atoms with Crippen LogP contribution >= 0.6 is 0 Å². The summed E-state index contributed by atoms with van der Waals surface area (Å²) in [4.78, 5) is 16.3. The van der Waals surface area contributed by atoms with Crippen LogP contribution < -0.4 is 0 Å². The minimum Gasteiger partial charge on any atom is -0.475 e. The summed E-state index contributed by atoms with van der Waals surface area (Å²) in [6, 6.07) is 2.00. The zero-order valence-corrected chi connectivity index (χ0v) is 13.2. The standard InChI is InChI=1S/C12H15N5.C2HF3O2/c1-12(2,3)6-9-15-16-10-7-14-11-8(17(9)10)4-5-13-11;3-2(4,5)1(6)7/h4-5,7,13H,6H2,1-3H3;(H,6,7). The molecule has 0 aliphatic carbocycles. The van der Waals surface area contributed by atoms with Crippen LogP contribution in [0.2, 0.25) is 0 Å². The van der Waals surface area contributed by atoms with Gasteiger partial charge in [0.05, 0.1) is 11.7 Å². The fourth-order valence-electron chi connectivity index (χ4n) is 2.02. The van der Waals surface area contributed by atoms with Crippen LogP contribution in [0.25, 0.3) is 16.8 Å². The van der Waals surface area contributed by atoms with Gasteiger partial charge in [-0.2, -0.15) is 13.2 Å². The fraction of sp³-hybridized carbons (Fsp3) is 0.429. The molecule has 0 atom stereocenters. The van der Waals surface area contributed by atoms with E-state index in [4.69, 9.17) is 9.90 Å². The molecule has 0 saturated carbocycles. The molecule has 0 saturated heterocycles. The third-order valence-corrected chi connectivity index (χ3v) is 2.94. The maximum atomic E-state index is 10.6. The van der Waals surface area contributed by atoms with Gasteiger partial charge in [0.1, 0.15) is 5.82 Å². The fourth-order valence-corrected chi connectivity index (χ4v) is 2.02. The largest absolute Gasteiger partial charge is 0.490 e. The lowest BCUT2D eigenvalue weighted by molar-refractivity contribution is -0.192. The highest BCUT2D eigenvalue weighted by Crippen LogP contribution is 2.22. The number of alkyl halides is 3. The SMILES string of the molecule is CC(C)(C)Cc1nnc2cnc3[nH]ccc3n12.O=C(O)C(F)(F)F. The van der Waals surface area contributed by atoms with Crippen molar-refractivity contribution in [2.45, 2.75) is 33.4 Å². The maximum absolute atomic E-state index is 10.6.